The first-order chi connectivity index (χ1) is 9.65. The minimum absolute atomic E-state index is 0.207. The molecular weight excluding hydrogens is 260 g/mol. The average molecular weight is 276 g/mol. The number of methoxy groups -OCH3 is 1. The molecular formula is C13H16N4O3. The molecule has 0 radical (unpaired) electrons. The van der Waals surface area contributed by atoms with Gasteiger partial charge in [-0.25, -0.2) is 4.68 Å². The van der Waals surface area contributed by atoms with Gasteiger partial charge >= 0.3 is 0 Å². The average Bonchev–Trinajstić information content (AvgIpc) is 2.95. The molecule has 20 heavy (non-hydrogen) atoms. The summed E-state index contributed by atoms with van der Waals surface area (Å²) < 4.78 is 6.57. The normalized spacial score (nSPS) is 11.9. The Morgan fingerprint density at radius 1 is 1.50 bits per heavy atom. The fourth-order valence-electron chi connectivity index (χ4n) is 1.68. The molecule has 106 valence electrons. The number of benzene rings is 1. The first-order valence-electron chi connectivity index (χ1n) is 6.11. The smallest absolute Gasteiger partial charge is 0.249 e. The fraction of sp³-hybridized carbons (Fsp3) is 0.308. The van der Waals surface area contributed by atoms with Crippen LogP contribution in [0.15, 0.2) is 30.5 Å². The van der Waals surface area contributed by atoms with Gasteiger partial charge < -0.3 is 15.2 Å². The van der Waals surface area contributed by atoms with Crippen LogP contribution < -0.4 is 10.1 Å². The standard InChI is InChI=1S/C13H16N4O3/c1-9(17-7-10(8-18)15-16-17)13(19)14-11-5-3-4-6-12(11)20-2/h3-7,9,18H,8H2,1-2H3,(H,14,19). The Labute approximate surface area is 116 Å². The zero-order valence-corrected chi connectivity index (χ0v) is 11.3. The van der Waals surface area contributed by atoms with E-state index in [9.17, 15) is 4.79 Å². The van der Waals surface area contributed by atoms with Crippen LogP contribution in [-0.4, -0.2) is 33.1 Å². The fourth-order valence-corrected chi connectivity index (χ4v) is 1.68. The summed E-state index contributed by atoms with van der Waals surface area (Å²) in [5.74, 6) is 0.339. The van der Waals surface area contributed by atoms with E-state index < -0.39 is 6.04 Å². The predicted molar refractivity (Wildman–Crippen MR) is 72.3 cm³/mol. The summed E-state index contributed by atoms with van der Waals surface area (Å²) in [5.41, 5.74) is 1.01. The van der Waals surface area contributed by atoms with Gasteiger partial charge in [-0.05, 0) is 19.1 Å². The van der Waals surface area contributed by atoms with Gasteiger partial charge in [0.25, 0.3) is 0 Å². The summed E-state index contributed by atoms with van der Waals surface area (Å²) in [4.78, 5) is 12.2. The lowest BCUT2D eigenvalue weighted by molar-refractivity contribution is -0.119. The molecule has 0 aliphatic heterocycles. The largest absolute Gasteiger partial charge is 0.495 e. The molecule has 1 atom stereocenters. The molecule has 0 aliphatic rings. The van der Waals surface area contributed by atoms with E-state index in [0.29, 0.717) is 17.1 Å². The highest BCUT2D eigenvalue weighted by Crippen LogP contribution is 2.24. The molecule has 7 heteroatoms. The lowest BCUT2D eigenvalue weighted by Crippen LogP contribution is -2.24. The first kappa shape index (κ1) is 14.0. The molecule has 0 spiro atoms. The van der Waals surface area contributed by atoms with E-state index >= 15 is 0 Å². The number of ether oxygens (including phenoxy) is 1. The minimum atomic E-state index is -0.548. The highest BCUT2D eigenvalue weighted by atomic mass is 16.5. The quantitative estimate of drug-likeness (QED) is 0.849. The van der Waals surface area contributed by atoms with E-state index in [1.54, 1.807) is 26.2 Å². The van der Waals surface area contributed by atoms with Crippen molar-refractivity contribution in [2.45, 2.75) is 19.6 Å². The Morgan fingerprint density at radius 2 is 2.25 bits per heavy atom. The number of aliphatic hydroxyl groups is 1. The van der Waals surface area contributed by atoms with Gasteiger partial charge in [-0.3, -0.25) is 4.79 Å². The van der Waals surface area contributed by atoms with E-state index in [1.807, 2.05) is 12.1 Å². The second-order valence-electron chi connectivity index (χ2n) is 4.21. The van der Waals surface area contributed by atoms with Gasteiger partial charge in [0.05, 0.1) is 25.6 Å². The molecule has 1 unspecified atom stereocenters. The molecule has 1 aromatic carbocycles. The summed E-state index contributed by atoms with van der Waals surface area (Å²) in [6, 6.07) is 6.60. The van der Waals surface area contributed by atoms with Crippen LogP contribution in [0.4, 0.5) is 5.69 Å². The van der Waals surface area contributed by atoms with Crippen molar-refractivity contribution in [3.05, 3.63) is 36.2 Å². The Balaban J connectivity index is 2.11. The van der Waals surface area contributed by atoms with Crippen LogP contribution >= 0.6 is 0 Å². The van der Waals surface area contributed by atoms with Gasteiger partial charge in [-0.1, -0.05) is 17.3 Å². The maximum absolute atomic E-state index is 12.2. The highest BCUT2D eigenvalue weighted by Gasteiger charge is 2.18. The Bertz CT molecular complexity index is 597. The Hall–Kier alpha value is -2.41. The lowest BCUT2D eigenvalue weighted by Gasteiger charge is -2.14. The summed E-state index contributed by atoms with van der Waals surface area (Å²) in [5, 5.41) is 19.3. The monoisotopic (exact) mass is 276 g/mol. The second-order valence-corrected chi connectivity index (χ2v) is 4.21. The number of aliphatic hydroxyl groups excluding tert-OH is 1. The number of rotatable bonds is 5. The number of carbonyl (C=O) groups is 1. The molecule has 2 rings (SSSR count). The molecule has 0 bridgehead atoms. The summed E-state index contributed by atoms with van der Waals surface area (Å²) in [6.45, 7) is 1.49. The second kappa shape index (κ2) is 6.16. The molecule has 1 amide bonds. The Morgan fingerprint density at radius 3 is 2.90 bits per heavy atom. The van der Waals surface area contributed by atoms with Gasteiger partial charge in [-0.15, -0.1) is 5.10 Å². The van der Waals surface area contributed by atoms with E-state index in [2.05, 4.69) is 15.6 Å². The third kappa shape index (κ3) is 2.94. The molecule has 0 saturated carbocycles. The van der Waals surface area contributed by atoms with Crippen molar-refractivity contribution in [2.75, 3.05) is 12.4 Å². The first-order valence-corrected chi connectivity index (χ1v) is 6.11. The summed E-state index contributed by atoms with van der Waals surface area (Å²) in [6.07, 6.45) is 1.53. The predicted octanol–water partition coefficient (Wildman–Crippen LogP) is 0.979. The highest BCUT2D eigenvalue weighted by molar-refractivity contribution is 5.94. The van der Waals surface area contributed by atoms with Gasteiger partial charge in [-0.2, -0.15) is 0 Å². The Kier molecular flexibility index (Phi) is 4.31. The van der Waals surface area contributed by atoms with Gasteiger partial charge in [0, 0.05) is 0 Å². The maximum Gasteiger partial charge on any atom is 0.249 e. The van der Waals surface area contributed by atoms with Crippen LogP contribution in [0.25, 0.3) is 0 Å². The van der Waals surface area contributed by atoms with Crippen LogP contribution in [-0.2, 0) is 11.4 Å². The van der Waals surface area contributed by atoms with Crippen LogP contribution in [0.5, 0.6) is 5.75 Å². The zero-order valence-electron chi connectivity index (χ0n) is 11.3. The number of anilines is 1. The molecule has 2 N–H and O–H groups in total. The van der Waals surface area contributed by atoms with Crippen LogP contribution in [0, 0.1) is 0 Å². The van der Waals surface area contributed by atoms with Crippen LogP contribution in [0.2, 0.25) is 0 Å². The zero-order chi connectivity index (χ0) is 14.5. The summed E-state index contributed by atoms with van der Waals surface area (Å²) in [7, 11) is 1.54. The number of para-hydroxylation sites is 2. The number of hydrogen-bond donors (Lipinski definition) is 2. The van der Waals surface area contributed by atoms with Crippen molar-refractivity contribution >= 4 is 11.6 Å². The van der Waals surface area contributed by atoms with Crippen molar-refractivity contribution in [1.29, 1.82) is 0 Å². The number of nitrogens with zero attached hydrogens (tertiary/aromatic N) is 3. The van der Waals surface area contributed by atoms with Crippen LogP contribution in [0.3, 0.4) is 0 Å². The number of carbonyl (C=O) groups excluding carboxylic acids is 1. The summed E-state index contributed by atoms with van der Waals surface area (Å²) >= 11 is 0. The number of hydrogen-bond acceptors (Lipinski definition) is 5. The van der Waals surface area contributed by atoms with Gasteiger partial charge in [0.1, 0.15) is 17.5 Å². The molecule has 0 saturated heterocycles. The van der Waals surface area contributed by atoms with E-state index in [0.717, 1.165) is 0 Å². The van der Waals surface area contributed by atoms with Crippen LogP contribution in [0.1, 0.15) is 18.7 Å². The van der Waals surface area contributed by atoms with Gasteiger partial charge in [0.15, 0.2) is 0 Å². The molecule has 2 aromatic rings. The van der Waals surface area contributed by atoms with Crippen molar-refractivity contribution in [2.24, 2.45) is 0 Å². The van der Waals surface area contributed by atoms with Crippen molar-refractivity contribution in [1.82, 2.24) is 15.0 Å². The van der Waals surface area contributed by atoms with Crippen molar-refractivity contribution < 1.29 is 14.6 Å². The molecule has 1 aromatic heterocycles. The van der Waals surface area contributed by atoms with Gasteiger partial charge in [0.2, 0.25) is 5.91 Å². The SMILES string of the molecule is COc1ccccc1NC(=O)C(C)n1cc(CO)nn1. The maximum atomic E-state index is 12.2. The minimum Gasteiger partial charge on any atom is -0.495 e. The lowest BCUT2D eigenvalue weighted by atomic mass is 10.2. The number of nitrogens with one attached hydrogen (secondary N) is 1. The third-order valence-electron chi connectivity index (χ3n) is 2.86. The number of amides is 1. The van der Waals surface area contributed by atoms with E-state index in [4.69, 9.17) is 9.84 Å². The third-order valence-corrected chi connectivity index (χ3v) is 2.86. The van der Waals surface area contributed by atoms with E-state index in [1.165, 1.54) is 10.9 Å². The van der Waals surface area contributed by atoms with E-state index in [-0.39, 0.29) is 12.5 Å². The molecule has 1 heterocycles. The molecule has 0 fully saturated rings. The van der Waals surface area contributed by atoms with Crippen molar-refractivity contribution in [3.8, 4) is 5.75 Å². The topological polar surface area (TPSA) is 89.3 Å². The number of aromatic nitrogens is 3. The molecule has 7 nitrogen and oxygen atoms in total. The van der Waals surface area contributed by atoms with Crippen molar-refractivity contribution in [3.63, 3.8) is 0 Å². The molecule has 0 aliphatic carbocycles.